The number of nitrogens with zero attached hydrogens (tertiary/aromatic N) is 1. The Morgan fingerprint density at radius 3 is 3.10 bits per heavy atom. The van der Waals surface area contributed by atoms with E-state index in [1.807, 2.05) is 0 Å². The van der Waals surface area contributed by atoms with Crippen molar-refractivity contribution in [1.82, 2.24) is 4.90 Å². The highest BCUT2D eigenvalue weighted by atomic mass is 15.3. The van der Waals surface area contributed by atoms with Crippen molar-refractivity contribution in [1.29, 1.82) is 0 Å². The smallest absolute Gasteiger partial charge is 0.0325 e. The van der Waals surface area contributed by atoms with Gasteiger partial charge >= 0.3 is 0 Å². The van der Waals surface area contributed by atoms with E-state index in [9.17, 15) is 0 Å². The highest BCUT2D eigenvalue weighted by molar-refractivity contribution is 5.20. The first-order valence-corrected chi connectivity index (χ1v) is 4.42. The Morgan fingerprint density at radius 2 is 2.10 bits per heavy atom. The van der Waals surface area contributed by atoms with Crippen LogP contribution in [0.25, 0.3) is 0 Å². The van der Waals surface area contributed by atoms with Gasteiger partial charge in [-0.25, -0.2) is 0 Å². The van der Waals surface area contributed by atoms with Crippen LogP contribution in [0.3, 0.4) is 0 Å². The first-order chi connectivity index (χ1) is 4.95. The molecule has 0 aromatic carbocycles. The number of hydrogen-bond donors (Lipinski definition) is 0. The monoisotopic (exact) mass is 135 g/mol. The molecule has 0 N–H and O–H groups in total. The molecule has 0 unspecified atom stereocenters. The summed E-state index contributed by atoms with van der Waals surface area (Å²) in [4.78, 5) is 2.69. The van der Waals surface area contributed by atoms with Gasteiger partial charge in [0.05, 0.1) is 0 Å². The fraction of sp³-hybridized carbons (Fsp3) is 0.778. The second-order valence-corrected chi connectivity index (χ2v) is 3.76. The zero-order valence-electron chi connectivity index (χ0n) is 6.21. The standard InChI is InChI=1S/C9H13N/c1-2-8-5-6-9-4-3-7(1)10(8)9/h1,8-9H,2-6H2/t8-,9-/m0/s1. The van der Waals surface area contributed by atoms with Crippen LogP contribution in [0.1, 0.15) is 32.1 Å². The van der Waals surface area contributed by atoms with E-state index in [-0.39, 0.29) is 0 Å². The molecule has 0 spiro atoms. The Hall–Kier alpha value is -0.460. The summed E-state index contributed by atoms with van der Waals surface area (Å²) in [6, 6.07) is 1.89. The minimum Gasteiger partial charge on any atom is -0.369 e. The van der Waals surface area contributed by atoms with Crippen LogP contribution < -0.4 is 0 Å². The second kappa shape index (κ2) is 1.58. The minimum absolute atomic E-state index is 0.933. The van der Waals surface area contributed by atoms with Crippen molar-refractivity contribution < 1.29 is 0 Å². The molecule has 3 aliphatic rings. The Labute approximate surface area is 61.7 Å². The third-order valence-electron chi connectivity index (χ3n) is 3.31. The minimum atomic E-state index is 0.933. The average Bonchev–Trinajstić information content (AvgIpc) is 2.56. The van der Waals surface area contributed by atoms with Crippen molar-refractivity contribution in [2.45, 2.75) is 44.2 Å². The van der Waals surface area contributed by atoms with Crippen LogP contribution in [0, 0.1) is 0 Å². The van der Waals surface area contributed by atoms with Crippen molar-refractivity contribution in [2.24, 2.45) is 0 Å². The van der Waals surface area contributed by atoms with Gasteiger partial charge in [0.15, 0.2) is 0 Å². The molecule has 2 atom stereocenters. The zero-order chi connectivity index (χ0) is 6.55. The lowest BCUT2D eigenvalue weighted by atomic mass is 10.1. The predicted octanol–water partition coefficient (Wildman–Crippen LogP) is 1.90. The van der Waals surface area contributed by atoms with E-state index in [0.717, 1.165) is 12.1 Å². The van der Waals surface area contributed by atoms with Crippen LogP contribution >= 0.6 is 0 Å². The Bertz CT molecular complexity index is 195. The summed E-state index contributed by atoms with van der Waals surface area (Å²) >= 11 is 0. The molecule has 54 valence electrons. The molecule has 0 bridgehead atoms. The summed E-state index contributed by atoms with van der Waals surface area (Å²) in [5.41, 5.74) is 1.67. The second-order valence-electron chi connectivity index (χ2n) is 3.76. The van der Waals surface area contributed by atoms with E-state index in [4.69, 9.17) is 0 Å². The Morgan fingerprint density at radius 1 is 1.20 bits per heavy atom. The van der Waals surface area contributed by atoms with E-state index in [1.54, 1.807) is 5.70 Å². The van der Waals surface area contributed by atoms with Gasteiger partial charge in [-0.05, 0) is 32.1 Å². The van der Waals surface area contributed by atoms with Crippen LogP contribution in [0.5, 0.6) is 0 Å². The Balaban J connectivity index is 2.03. The molecule has 1 nitrogen and oxygen atoms in total. The SMILES string of the molecule is C1=C2CC[C@H]3CC[C@H](C1)N23. The third-order valence-corrected chi connectivity index (χ3v) is 3.31. The average molecular weight is 135 g/mol. The van der Waals surface area contributed by atoms with E-state index >= 15 is 0 Å². The molecular formula is C9H13N. The molecule has 0 radical (unpaired) electrons. The van der Waals surface area contributed by atoms with Gasteiger partial charge in [0.25, 0.3) is 0 Å². The highest BCUT2D eigenvalue weighted by Crippen LogP contribution is 2.44. The van der Waals surface area contributed by atoms with Gasteiger partial charge in [-0.2, -0.15) is 0 Å². The van der Waals surface area contributed by atoms with Crippen molar-refractivity contribution in [3.05, 3.63) is 11.8 Å². The Kier molecular flexibility index (Phi) is 0.825. The van der Waals surface area contributed by atoms with Gasteiger partial charge in [-0.1, -0.05) is 6.08 Å². The van der Waals surface area contributed by atoms with Crippen molar-refractivity contribution >= 4 is 0 Å². The van der Waals surface area contributed by atoms with Crippen molar-refractivity contribution in [3.8, 4) is 0 Å². The zero-order valence-corrected chi connectivity index (χ0v) is 6.21. The molecular weight excluding hydrogens is 122 g/mol. The summed E-state index contributed by atoms with van der Waals surface area (Å²) in [7, 11) is 0. The lowest BCUT2D eigenvalue weighted by Gasteiger charge is -2.20. The topological polar surface area (TPSA) is 3.24 Å². The van der Waals surface area contributed by atoms with Crippen molar-refractivity contribution in [2.75, 3.05) is 0 Å². The van der Waals surface area contributed by atoms with Crippen LogP contribution in [0.15, 0.2) is 11.8 Å². The van der Waals surface area contributed by atoms with Gasteiger partial charge in [-0.15, -0.1) is 0 Å². The molecule has 2 saturated heterocycles. The molecule has 10 heavy (non-hydrogen) atoms. The quantitative estimate of drug-likeness (QED) is 0.490. The maximum atomic E-state index is 2.69. The van der Waals surface area contributed by atoms with E-state index in [0.29, 0.717) is 0 Å². The van der Waals surface area contributed by atoms with Gasteiger partial charge in [0, 0.05) is 17.8 Å². The van der Waals surface area contributed by atoms with Crippen molar-refractivity contribution in [3.63, 3.8) is 0 Å². The lowest BCUT2D eigenvalue weighted by molar-refractivity contribution is 0.313. The predicted molar refractivity (Wildman–Crippen MR) is 40.6 cm³/mol. The van der Waals surface area contributed by atoms with Crippen LogP contribution in [0.2, 0.25) is 0 Å². The molecule has 0 aliphatic carbocycles. The first-order valence-electron chi connectivity index (χ1n) is 4.42. The van der Waals surface area contributed by atoms with Crippen LogP contribution in [-0.4, -0.2) is 17.0 Å². The summed E-state index contributed by atoms with van der Waals surface area (Å²) < 4.78 is 0. The number of rotatable bonds is 0. The number of allylic oxidation sites excluding steroid dienone is 1. The largest absolute Gasteiger partial charge is 0.369 e. The maximum Gasteiger partial charge on any atom is 0.0325 e. The van der Waals surface area contributed by atoms with E-state index in [1.165, 1.54) is 32.1 Å². The molecule has 0 saturated carbocycles. The van der Waals surface area contributed by atoms with Gasteiger partial charge in [0.2, 0.25) is 0 Å². The lowest BCUT2D eigenvalue weighted by Crippen LogP contribution is -2.25. The summed E-state index contributed by atoms with van der Waals surface area (Å²) in [6.07, 6.45) is 9.58. The summed E-state index contributed by atoms with van der Waals surface area (Å²) in [5.74, 6) is 0. The highest BCUT2D eigenvalue weighted by Gasteiger charge is 2.41. The van der Waals surface area contributed by atoms with Crippen LogP contribution in [-0.2, 0) is 0 Å². The van der Waals surface area contributed by atoms with Gasteiger partial charge in [0.1, 0.15) is 0 Å². The van der Waals surface area contributed by atoms with E-state index in [2.05, 4.69) is 11.0 Å². The molecule has 3 heterocycles. The van der Waals surface area contributed by atoms with Gasteiger partial charge in [-0.3, -0.25) is 0 Å². The number of hydrogen-bond acceptors (Lipinski definition) is 1. The third kappa shape index (κ3) is 0.458. The fourth-order valence-corrected chi connectivity index (χ4v) is 2.87. The molecule has 0 aromatic rings. The normalized spacial score (nSPS) is 42.4. The molecule has 1 heteroatoms. The van der Waals surface area contributed by atoms with Crippen LogP contribution in [0.4, 0.5) is 0 Å². The summed E-state index contributed by atoms with van der Waals surface area (Å²) in [5, 5.41) is 0. The molecule has 0 amide bonds. The van der Waals surface area contributed by atoms with E-state index < -0.39 is 0 Å². The maximum absolute atomic E-state index is 2.69. The summed E-state index contributed by atoms with van der Waals surface area (Å²) in [6.45, 7) is 0. The molecule has 3 aliphatic heterocycles. The molecule has 2 fully saturated rings. The fourth-order valence-electron chi connectivity index (χ4n) is 2.87. The molecule has 3 rings (SSSR count). The first kappa shape index (κ1) is 5.22. The van der Waals surface area contributed by atoms with Gasteiger partial charge < -0.3 is 4.90 Å². The molecule has 0 aromatic heterocycles.